The molecule has 5 N–H and O–H groups in total. The highest BCUT2D eigenvalue weighted by molar-refractivity contribution is 5.94. The van der Waals surface area contributed by atoms with Gasteiger partial charge in [0.2, 0.25) is 0 Å². The number of aromatic carboxylic acids is 1. The van der Waals surface area contributed by atoms with Gasteiger partial charge in [0.15, 0.2) is 0 Å². The number of rotatable bonds is 5. The number of benzene rings is 4. The van der Waals surface area contributed by atoms with Crippen LogP contribution in [0.3, 0.4) is 0 Å². The number of fused-ring (bicyclic) bond motifs is 2. The number of anilines is 2. The number of nitrogen functional groups attached to an aromatic ring is 2. The largest absolute Gasteiger partial charge is 0.478 e. The third-order valence-corrected chi connectivity index (χ3v) is 9.97. The average molecular weight is 611 g/mol. The number of imidazole rings is 1. The van der Waals surface area contributed by atoms with E-state index in [0.29, 0.717) is 11.6 Å². The molecule has 4 aromatic carbocycles. The molecule has 1 aliphatic rings. The highest BCUT2D eigenvalue weighted by atomic mass is 16.4. The van der Waals surface area contributed by atoms with Gasteiger partial charge in [0.05, 0.1) is 39.0 Å². The van der Waals surface area contributed by atoms with E-state index in [9.17, 15) is 9.90 Å². The predicted molar refractivity (Wildman–Crippen MR) is 186 cm³/mol. The average Bonchev–Trinajstić information content (AvgIpc) is 3.45. The number of hydrogen-bond acceptors (Lipinski definition) is 6. The van der Waals surface area contributed by atoms with Crippen molar-refractivity contribution >= 4 is 39.4 Å². The Hall–Kier alpha value is -5.24. The molecule has 232 valence electrons. The van der Waals surface area contributed by atoms with Crippen LogP contribution in [0.25, 0.3) is 56.0 Å². The Labute approximate surface area is 268 Å². The standard InChI is InChI=1S/C38H38N6O2/c1-20-22(3)29(39)14-12-27(20)35-36(28-13-15-30(40)23(4)21(28)2)42-32-18-24(10-16-31(32)41-35)37-43-33-19-25(38(45)46)11-17-34(33)44(37)26-8-6-5-7-9-26/h10-19,26H,5-9,39-40H2,1-4H3,(H,45,46). The second-order valence-electron chi connectivity index (χ2n) is 12.6. The Morgan fingerprint density at radius 3 is 1.91 bits per heavy atom. The van der Waals surface area contributed by atoms with Gasteiger partial charge in [-0.2, -0.15) is 0 Å². The molecule has 1 saturated carbocycles. The molecule has 6 aromatic rings. The van der Waals surface area contributed by atoms with E-state index in [1.165, 1.54) is 6.42 Å². The van der Waals surface area contributed by atoms with Gasteiger partial charge < -0.3 is 21.1 Å². The summed E-state index contributed by atoms with van der Waals surface area (Å²) in [5.41, 5.74) is 26.1. The lowest BCUT2D eigenvalue weighted by molar-refractivity contribution is 0.0697. The van der Waals surface area contributed by atoms with E-state index < -0.39 is 5.97 Å². The van der Waals surface area contributed by atoms with Gasteiger partial charge in [-0.05, 0) is 111 Å². The lowest BCUT2D eigenvalue weighted by atomic mass is 9.93. The Bertz CT molecular complexity index is 2190. The van der Waals surface area contributed by atoms with E-state index in [1.807, 2.05) is 50.2 Å². The first-order valence-electron chi connectivity index (χ1n) is 15.9. The second kappa shape index (κ2) is 11.3. The molecule has 7 rings (SSSR count). The monoisotopic (exact) mass is 610 g/mol. The van der Waals surface area contributed by atoms with Crippen LogP contribution >= 0.6 is 0 Å². The lowest BCUT2D eigenvalue weighted by Crippen LogP contribution is -2.14. The number of carboxylic acid groups (broad SMARTS) is 1. The molecule has 0 radical (unpaired) electrons. The molecule has 46 heavy (non-hydrogen) atoms. The van der Waals surface area contributed by atoms with Gasteiger partial charge in [-0.1, -0.05) is 31.4 Å². The number of carbonyl (C=O) groups is 1. The first kappa shape index (κ1) is 29.5. The number of nitrogens with zero attached hydrogens (tertiary/aromatic N) is 4. The van der Waals surface area contributed by atoms with Crippen molar-refractivity contribution in [1.82, 2.24) is 19.5 Å². The van der Waals surface area contributed by atoms with Crippen molar-refractivity contribution in [1.29, 1.82) is 0 Å². The quantitative estimate of drug-likeness (QED) is 0.167. The van der Waals surface area contributed by atoms with Crippen LogP contribution in [0.2, 0.25) is 0 Å². The normalized spacial score (nSPS) is 13.9. The molecule has 2 heterocycles. The smallest absolute Gasteiger partial charge is 0.335 e. The van der Waals surface area contributed by atoms with Gasteiger partial charge in [0, 0.05) is 34.1 Å². The fraction of sp³-hybridized carbons (Fsp3) is 0.263. The molecule has 0 spiro atoms. The van der Waals surface area contributed by atoms with E-state index in [2.05, 4.69) is 30.5 Å². The molecule has 0 unspecified atom stereocenters. The zero-order valence-corrected chi connectivity index (χ0v) is 26.7. The number of carboxylic acids is 1. The predicted octanol–water partition coefficient (Wildman–Crippen LogP) is 8.58. The number of aromatic nitrogens is 4. The summed E-state index contributed by atoms with van der Waals surface area (Å²) in [5.74, 6) is -0.136. The highest BCUT2D eigenvalue weighted by Crippen LogP contribution is 2.40. The molecule has 0 aliphatic heterocycles. The fourth-order valence-corrected chi connectivity index (χ4v) is 6.91. The van der Waals surface area contributed by atoms with Crippen molar-refractivity contribution in [3.05, 3.63) is 88.5 Å². The maximum atomic E-state index is 11.8. The summed E-state index contributed by atoms with van der Waals surface area (Å²) < 4.78 is 2.32. The molecule has 8 heteroatoms. The Kier molecular flexibility index (Phi) is 7.23. The van der Waals surface area contributed by atoms with Crippen LogP contribution in [0.1, 0.15) is 70.8 Å². The zero-order valence-electron chi connectivity index (χ0n) is 26.7. The summed E-state index contributed by atoms with van der Waals surface area (Å²) >= 11 is 0. The summed E-state index contributed by atoms with van der Waals surface area (Å²) in [6, 6.07) is 19.6. The SMILES string of the molecule is Cc1c(N)ccc(-c2nc3ccc(-c4nc5cc(C(=O)O)ccc5n4C4CCCCC4)cc3nc2-c2ccc(N)c(C)c2C)c1C. The van der Waals surface area contributed by atoms with Crippen LogP contribution in [-0.2, 0) is 0 Å². The first-order valence-corrected chi connectivity index (χ1v) is 15.9. The number of nitrogens with two attached hydrogens (primary N) is 2. The van der Waals surface area contributed by atoms with E-state index in [4.69, 9.17) is 26.4 Å². The molecule has 1 fully saturated rings. The molecule has 0 amide bonds. The summed E-state index contributed by atoms with van der Waals surface area (Å²) in [7, 11) is 0. The molecular formula is C38H38N6O2. The van der Waals surface area contributed by atoms with E-state index in [-0.39, 0.29) is 5.56 Å². The van der Waals surface area contributed by atoms with Crippen LogP contribution in [0.4, 0.5) is 11.4 Å². The Morgan fingerprint density at radius 1 is 0.696 bits per heavy atom. The summed E-state index contributed by atoms with van der Waals surface area (Å²) in [4.78, 5) is 27.4. The Morgan fingerprint density at radius 2 is 1.30 bits per heavy atom. The minimum absolute atomic E-state index is 0.233. The van der Waals surface area contributed by atoms with Gasteiger partial charge in [-0.15, -0.1) is 0 Å². The van der Waals surface area contributed by atoms with Crippen molar-refractivity contribution in [2.75, 3.05) is 11.5 Å². The van der Waals surface area contributed by atoms with Crippen molar-refractivity contribution in [2.45, 2.75) is 65.8 Å². The van der Waals surface area contributed by atoms with Gasteiger partial charge in [0.25, 0.3) is 0 Å². The highest BCUT2D eigenvalue weighted by Gasteiger charge is 2.24. The number of hydrogen-bond donors (Lipinski definition) is 3. The van der Waals surface area contributed by atoms with Crippen LogP contribution in [0.5, 0.6) is 0 Å². The fourth-order valence-electron chi connectivity index (χ4n) is 6.91. The summed E-state index contributed by atoms with van der Waals surface area (Å²) in [6.45, 7) is 8.22. The van der Waals surface area contributed by atoms with E-state index in [0.717, 1.165) is 110 Å². The third-order valence-electron chi connectivity index (χ3n) is 9.97. The Balaban J connectivity index is 1.47. The first-order chi connectivity index (χ1) is 22.1. The topological polar surface area (TPSA) is 133 Å². The van der Waals surface area contributed by atoms with Crippen molar-refractivity contribution in [2.24, 2.45) is 0 Å². The minimum atomic E-state index is -0.959. The van der Waals surface area contributed by atoms with Crippen molar-refractivity contribution in [3.63, 3.8) is 0 Å². The lowest BCUT2D eigenvalue weighted by Gasteiger charge is -2.25. The van der Waals surface area contributed by atoms with Gasteiger partial charge in [-0.3, -0.25) is 0 Å². The van der Waals surface area contributed by atoms with E-state index >= 15 is 0 Å². The maximum Gasteiger partial charge on any atom is 0.335 e. The van der Waals surface area contributed by atoms with Gasteiger partial charge >= 0.3 is 5.97 Å². The summed E-state index contributed by atoms with van der Waals surface area (Å²) in [6.07, 6.45) is 5.69. The molecule has 1 aliphatic carbocycles. The second-order valence-corrected chi connectivity index (χ2v) is 12.6. The summed E-state index contributed by atoms with van der Waals surface area (Å²) in [5, 5.41) is 9.66. The van der Waals surface area contributed by atoms with E-state index in [1.54, 1.807) is 12.1 Å². The maximum absolute atomic E-state index is 11.8. The molecular weight excluding hydrogens is 572 g/mol. The zero-order chi connectivity index (χ0) is 32.3. The minimum Gasteiger partial charge on any atom is -0.478 e. The third kappa shape index (κ3) is 4.85. The van der Waals surface area contributed by atoms with Crippen LogP contribution < -0.4 is 11.5 Å². The molecule has 0 saturated heterocycles. The van der Waals surface area contributed by atoms with Crippen molar-refractivity contribution in [3.8, 4) is 33.9 Å². The molecule has 0 atom stereocenters. The molecule has 2 aromatic heterocycles. The molecule has 8 nitrogen and oxygen atoms in total. The van der Waals surface area contributed by atoms with Crippen molar-refractivity contribution < 1.29 is 9.90 Å². The van der Waals surface area contributed by atoms with Crippen LogP contribution in [-0.4, -0.2) is 30.6 Å². The van der Waals surface area contributed by atoms with Crippen LogP contribution in [0, 0.1) is 27.7 Å². The van der Waals surface area contributed by atoms with Crippen LogP contribution in [0.15, 0.2) is 60.7 Å². The van der Waals surface area contributed by atoms with Gasteiger partial charge in [-0.25, -0.2) is 19.7 Å². The van der Waals surface area contributed by atoms with Gasteiger partial charge in [0.1, 0.15) is 5.82 Å². The molecule has 0 bridgehead atoms.